The Labute approximate surface area is 178 Å². The number of ether oxygens (including phenoxy) is 1. The van der Waals surface area contributed by atoms with E-state index in [1.165, 1.54) is 52.9 Å². The lowest BCUT2D eigenvalue weighted by Crippen LogP contribution is -2.67. The summed E-state index contributed by atoms with van der Waals surface area (Å²) in [4.78, 5) is 4.81. The van der Waals surface area contributed by atoms with Gasteiger partial charge in [-0.1, -0.05) is 11.6 Å². The highest BCUT2D eigenvalue weighted by Gasteiger charge is 2.57. The molecule has 4 saturated carbocycles. The molecule has 3 atom stereocenters. The largest absolute Gasteiger partial charge is 0.370 e. The maximum atomic E-state index is 6.64. The SMILES string of the molecule is Clc1ccc(COC2C3CC4CC(C3)CC2(NCc2cc3sccc3[nH]2)C4)s1. The maximum Gasteiger partial charge on any atom is 0.0932 e. The van der Waals surface area contributed by atoms with Crippen LogP contribution in [0, 0.1) is 17.8 Å². The van der Waals surface area contributed by atoms with E-state index >= 15 is 0 Å². The summed E-state index contributed by atoms with van der Waals surface area (Å²) in [5, 5.41) is 6.16. The molecule has 4 fully saturated rings. The number of hydrogen-bond acceptors (Lipinski definition) is 4. The third-order valence-corrected chi connectivity index (χ3v) is 9.25. The molecule has 3 nitrogen and oxygen atoms in total. The highest BCUT2D eigenvalue weighted by atomic mass is 35.5. The molecule has 6 heteroatoms. The van der Waals surface area contributed by atoms with Crippen LogP contribution in [0.3, 0.4) is 0 Å². The maximum absolute atomic E-state index is 6.64. The van der Waals surface area contributed by atoms with Crippen LogP contribution in [0.15, 0.2) is 29.6 Å². The Morgan fingerprint density at radius 3 is 2.79 bits per heavy atom. The van der Waals surface area contributed by atoms with Crippen LogP contribution in [0.1, 0.15) is 42.7 Å². The van der Waals surface area contributed by atoms with E-state index in [1.54, 1.807) is 11.3 Å². The van der Waals surface area contributed by atoms with E-state index in [1.807, 2.05) is 17.4 Å². The van der Waals surface area contributed by atoms with Crippen molar-refractivity contribution in [2.24, 2.45) is 17.8 Å². The molecule has 0 amide bonds. The molecule has 3 aromatic rings. The number of H-pyrrole nitrogens is 1. The molecule has 4 bridgehead atoms. The zero-order valence-electron chi connectivity index (χ0n) is 15.7. The van der Waals surface area contributed by atoms with E-state index < -0.39 is 0 Å². The summed E-state index contributed by atoms with van der Waals surface area (Å²) in [7, 11) is 0. The van der Waals surface area contributed by atoms with Gasteiger partial charge in [-0.2, -0.15) is 0 Å². The third-order valence-electron chi connectivity index (χ3n) is 7.18. The van der Waals surface area contributed by atoms with Crippen molar-refractivity contribution in [2.45, 2.75) is 56.9 Å². The molecule has 2 N–H and O–H groups in total. The fourth-order valence-electron chi connectivity index (χ4n) is 6.41. The van der Waals surface area contributed by atoms with Gasteiger partial charge in [0.05, 0.1) is 27.3 Å². The monoisotopic (exact) mass is 432 g/mol. The predicted molar refractivity (Wildman–Crippen MR) is 117 cm³/mol. The van der Waals surface area contributed by atoms with Crippen LogP contribution in [-0.2, 0) is 17.9 Å². The quantitative estimate of drug-likeness (QED) is 0.486. The van der Waals surface area contributed by atoms with E-state index in [9.17, 15) is 0 Å². The Morgan fingerprint density at radius 1 is 1.18 bits per heavy atom. The zero-order chi connectivity index (χ0) is 18.7. The molecule has 3 unspecified atom stereocenters. The second-order valence-corrected chi connectivity index (χ2v) is 11.8. The summed E-state index contributed by atoms with van der Waals surface area (Å²) in [5.41, 5.74) is 2.69. The number of halogens is 1. The van der Waals surface area contributed by atoms with Crippen LogP contribution in [-0.4, -0.2) is 16.6 Å². The first-order valence-electron chi connectivity index (χ1n) is 10.3. The van der Waals surface area contributed by atoms with Gasteiger partial charge in [-0.25, -0.2) is 0 Å². The Kier molecular flexibility index (Phi) is 4.39. The van der Waals surface area contributed by atoms with E-state index in [0.29, 0.717) is 18.6 Å². The molecule has 0 aliphatic heterocycles. The number of aromatic nitrogens is 1. The van der Waals surface area contributed by atoms with Gasteiger partial charge in [0.2, 0.25) is 0 Å². The first kappa shape index (κ1) is 18.0. The molecule has 0 aromatic carbocycles. The minimum absolute atomic E-state index is 0.133. The molecule has 3 heterocycles. The third kappa shape index (κ3) is 3.07. The minimum atomic E-state index is 0.133. The van der Waals surface area contributed by atoms with E-state index in [2.05, 4.69) is 33.9 Å². The van der Waals surface area contributed by atoms with Crippen LogP contribution < -0.4 is 5.32 Å². The summed E-state index contributed by atoms with van der Waals surface area (Å²) in [6.45, 7) is 1.59. The molecule has 4 aliphatic carbocycles. The van der Waals surface area contributed by atoms with Gasteiger partial charge in [-0.15, -0.1) is 22.7 Å². The highest BCUT2D eigenvalue weighted by Crippen LogP contribution is 2.57. The topological polar surface area (TPSA) is 37.0 Å². The summed E-state index contributed by atoms with van der Waals surface area (Å²) < 4.78 is 8.84. The van der Waals surface area contributed by atoms with Gasteiger partial charge in [0.1, 0.15) is 0 Å². The Morgan fingerprint density at radius 2 is 2.04 bits per heavy atom. The second-order valence-electron chi connectivity index (χ2n) is 9.05. The highest BCUT2D eigenvalue weighted by molar-refractivity contribution is 7.17. The smallest absolute Gasteiger partial charge is 0.0932 e. The average Bonchev–Trinajstić information content (AvgIpc) is 3.35. The fraction of sp³-hybridized carbons (Fsp3) is 0.545. The van der Waals surface area contributed by atoms with Crippen molar-refractivity contribution in [2.75, 3.05) is 0 Å². The molecular weight excluding hydrogens is 408 g/mol. The Hall–Kier alpha value is -0.850. The van der Waals surface area contributed by atoms with E-state index in [0.717, 1.165) is 22.7 Å². The zero-order valence-corrected chi connectivity index (χ0v) is 18.1. The van der Waals surface area contributed by atoms with Gasteiger partial charge in [-0.05, 0) is 79.5 Å². The number of rotatable bonds is 6. The number of fused-ring (bicyclic) bond motifs is 1. The summed E-state index contributed by atoms with van der Waals surface area (Å²) >= 11 is 9.57. The summed E-state index contributed by atoms with van der Waals surface area (Å²) in [6, 6.07) is 8.56. The number of hydrogen-bond donors (Lipinski definition) is 2. The standard InChI is InChI=1S/C22H25ClN2OS2/c23-20-2-1-17(28-20)12-26-21-15-6-13-5-14(7-15)10-22(21,9-13)24-11-16-8-19-18(25-16)3-4-27-19/h1-4,8,13-15,21,24-25H,5-7,9-12H2. The minimum Gasteiger partial charge on any atom is -0.370 e. The van der Waals surface area contributed by atoms with Crippen molar-refractivity contribution in [1.82, 2.24) is 10.3 Å². The first-order chi connectivity index (χ1) is 13.7. The molecule has 0 saturated heterocycles. The van der Waals surface area contributed by atoms with Gasteiger partial charge >= 0.3 is 0 Å². The number of thiophene rings is 2. The Balaban J connectivity index is 1.22. The van der Waals surface area contributed by atoms with E-state index in [4.69, 9.17) is 16.3 Å². The average molecular weight is 433 g/mol. The van der Waals surface area contributed by atoms with E-state index in [-0.39, 0.29) is 5.54 Å². The van der Waals surface area contributed by atoms with Crippen molar-refractivity contribution in [3.05, 3.63) is 44.6 Å². The second kappa shape index (κ2) is 6.85. The van der Waals surface area contributed by atoms with Crippen molar-refractivity contribution in [3.8, 4) is 0 Å². The molecule has 7 rings (SSSR count). The van der Waals surface area contributed by atoms with Gasteiger partial charge < -0.3 is 15.0 Å². The van der Waals surface area contributed by atoms with Crippen molar-refractivity contribution >= 4 is 44.5 Å². The molecule has 3 aromatic heterocycles. The molecule has 0 radical (unpaired) electrons. The van der Waals surface area contributed by atoms with Crippen LogP contribution >= 0.6 is 34.3 Å². The fourth-order valence-corrected chi connectivity index (χ4v) is 8.22. The molecule has 0 spiro atoms. The van der Waals surface area contributed by atoms with Crippen molar-refractivity contribution in [1.29, 1.82) is 0 Å². The Bertz CT molecular complexity index is 949. The molecule has 4 aliphatic rings. The number of aromatic amines is 1. The lowest BCUT2D eigenvalue weighted by atomic mass is 9.51. The normalized spacial score (nSPS) is 33.9. The molecule has 28 heavy (non-hydrogen) atoms. The van der Waals surface area contributed by atoms with Crippen LogP contribution in [0.2, 0.25) is 4.34 Å². The summed E-state index contributed by atoms with van der Waals surface area (Å²) in [5.74, 6) is 2.47. The summed E-state index contributed by atoms with van der Waals surface area (Å²) in [6.07, 6.45) is 7.00. The lowest BCUT2D eigenvalue weighted by Gasteiger charge is -2.61. The van der Waals surface area contributed by atoms with Crippen molar-refractivity contribution in [3.63, 3.8) is 0 Å². The van der Waals surface area contributed by atoms with Gasteiger partial charge in [0.15, 0.2) is 0 Å². The predicted octanol–water partition coefficient (Wildman–Crippen LogP) is 6.20. The number of nitrogens with one attached hydrogen (secondary N) is 2. The van der Waals surface area contributed by atoms with Gasteiger partial charge in [-0.3, -0.25) is 0 Å². The van der Waals surface area contributed by atoms with Gasteiger partial charge in [0, 0.05) is 22.7 Å². The molecule has 148 valence electrons. The van der Waals surface area contributed by atoms with Crippen LogP contribution in [0.25, 0.3) is 10.2 Å². The van der Waals surface area contributed by atoms with Crippen LogP contribution in [0.4, 0.5) is 0 Å². The van der Waals surface area contributed by atoms with Crippen molar-refractivity contribution < 1.29 is 4.74 Å². The first-order valence-corrected chi connectivity index (χ1v) is 12.4. The van der Waals surface area contributed by atoms with Crippen LogP contribution in [0.5, 0.6) is 0 Å². The molecular formula is C22H25ClN2OS2. The van der Waals surface area contributed by atoms with Gasteiger partial charge in [0.25, 0.3) is 0 Å². The lowest BCUT2D eigenvalue weighted by molar-refractivity contribution is -0.157.